The first kappa shape index (κ1) is 8.41. The van der Waals surface area contributed by atoms with E-state index in [2.05, 4.69) is 28.6 Å². The first-order valence-corrected chi connectivity index (χ1v) is 5.46. The van der Waals surface area contributed by atoms with Gasteiger partial charge in [0, 0.05) is 14.8 Å². The fourth-order valence-corrected chi connectivity index (χ4v) is 3.16. The van der Waals surface area contributed by atoms with Crippen molar-refractivity contribution in [2.24, 2.45) is 0 Å². The predicted octanol–water partition coefficient (Wildman–Crippen LogP) is 3.53. The van der Waals surface area contributed by atoms with Crippen LogP contribution < -0.4 is 5.73 Å². The number of rotatable bonds is 0. The molecule has 1 aromatic carbocycles. The van der Waals surface area contributed by atoms with E-state index in [1.165, 1.54) is 0 Å². The van der Waals surface area contributed by atoms with Gasteiger partial charge in [0.1, 0.15) is 0 Å². The average molecular weight is 260 g/mol. The van der Waals surface area contributed by atoms with Crippen molar-refractivity contribution in [1.29, 1.82) is 0 Å². The summed E-state index contributed by atoms with van der Waals surface area (Å²) >= 11 is 9.37. The highest BCUT2D eigenvalue weighted by molar-refractivity contribution is 9.10. The summed E-state index contributed by atoms with van der Waals surface area (Å²) in [5, 5.41) is 3.19. The van der Waals surface area contributed by atoms with Gasteiger partial charge in [0.15, 0.2) is 0 Å². The van der Waals surface area contributed by atoms with Gasteiger partial charge in [-0.3, -0.25) is 0 Å². The maximum atomic E-state index is 5.84. The largest absolute Gasteiger partial charge is 0.397 e. The first-order valence-electron chi connectivity index (χ1n) is 3.34. The standard InChI is InChI=1S/C8H6BrNS2/c9-5-3-6(11)7(10)8-4(5)1-2-12-8/h1-3,11H,10H2. The topological polar surface area (TPSA) is 26.0 Å². The van der Waals surface area contributed by atoms with Crippen LogP contribution in [0.5, 0.6) is 0 Å². The Bertz CT molecular complexity index is 436. The fourth-order valence-electron chi connectivity index (χ4n) is 1.10. The maximum absolute atomic E-state index is 5.84. The summed E-state index contributed by atoms with van der Waals surface area (Å²) in [6.07, 6.45) is 0. The molecule has 2 aromatic rings. The highest BCUT2D eigenvalue weighted by Gasteiger charge is 2.06. The van der Waals surface area contributed by atoms with E-state index in [1.54, 1.807) is 11.3 Å². The van der Waals surface area contributed by atoms with E-state index in [0.29, 0.717) is 0 Å². The molecule has 1 aromatic heterocycles. The average Bonchev–Trinajstić information content (AvgIpc) is 2.48. The van der Waals surface area contributed by atoms with Crippen LogP contribution in [0.1, 0.15) is 0 Å². The van der Waals surface area contributed by atoms with Gasteiger partial charge >= 0.3 is 0 Å². The zero-order chi connectivity index (χ0) is 8.72. The zero-order valence-corrected chi connectivity index (χ0v) is 9.34. The Morgan fingerprint density at radius 2 is 2.25 bits per heavy atom. The number of fused-ring (bicyclic) bond motifs is 1. The van der Waals surface area contributed by atoms with Crippen molar-refractivity contribution in [3.8, 4) is 0 Å². The number of halogens is 1. The van der Waals surface area contributed by atoms with E-state index in [9.17, 15) is 0 Å². The van der Waals surface area contributed by atoms with Crippen molar-refractivity contribution in [2.45, 2.75) is 4.90 Å². The lowest BCUT2D eigenvalue weighted by molar-refractivity contribution is 1.51. The van der Waals surface area contributed by atoms with Crippen molar-refractivity contribution in [1.82, 2.24) is 0 Å². The first-order chi connectivity index (χ1) is 5.70. The van der Waals surface area contributed by atoms with Crippen LogP contribution >= 0.6 is 39.9 Å². The molecule has 12 heavy (non-hydrogen) atoms. The lowest BCUT2D eigenvalue weighted by Crippen LogP contribution is -1.86. The molecule has 0 spiro atoms. The summed E-state index contributed by atoms with van der Waals surface area (Å²) in [5.74, 6) is 0. The third-order valence-corrected chi connectivity index (χ3v) is 3.68. The lowest BCUT2D eigenvalue weighted by Gasteiger charge is -2.01. The van der Waals surface area contributed by atoms with E-state index in [0.717, 1.165) is 25.1 Å². The second-order valence-corrected chi connectivity index (χ2v) is 4.71. The predicted molar refractivity (Wildman–Crippen MR) is 61.2 cm³/mol. The molecular weight excluding hydrogens is 254 g/mol. The maximum Gasteiger partial charge on any atom is 0.0631 e. The van der Waals surface area contributed by atoms with Gasteiger partial charge in [-0.2, -0.15) is 0 Å². The number of thiophene rings is 1. The summed E-state index contributed by atoms with van der Waals surface area (Å²) < 4.78 is 2.16. The van der Waals surface area contributed by atoms with Crippen molar-refractivity contribution in [3.63, 3.8) is 0 Å². The van der Waals surface area contributed by atoms with E-state index >= 15 is 0 Å². The van der Waals surface area contributed by atoms with Gasteiger partial charge in [-0.1, -0.05) is 15.9 Å². The quantitative estimate of drug-likeness (QED) is 0.550. The molecule has 0 aliphatic carbocycles. The molecule has 0 saturated carbocycles. The molecule has 0 bridgehead atoms. The molecule has 62 valence electrons. The minimum atomic E-state index is 0.770. The van der Waals surface area contributed by atoms with Crippen LogP contribution in [0, 0.1) is 0 Å². The second kappa shape index (κ2) is 2.94. The van der Waals surface area contributed by atoms with Crippen molar-refractivity contribution < 1.29 is 0 Å². The summed E-state index contributed by atoms with van der Waals surface area (Å²) in [7, 11) is 0. The van der Waals surface area contributed by atoms with Crippen LogP contribution in [0.25, 0.3) is 10.1 Å². The number of nitrogens with two attached hydrogens (primary N) is 1. The van der Waals surface area contributed by atoms with Crippen LogP contribution in [-0.4, -0.2) is 0 Å². The Morgan fingerprint density at radius 1 is 1.50 bits per heavy atom. The number of hydrogen-bond donors (Lipinski definition) is 2. The van der Waals surface area contributed by atoms with Gasteiger partial charge in [0.05, 0.1) is 10.4 Å². The fraction of sp³-hybridized carbons (Fsp3) is 0. The number of benzene rings is 1. The van der Waals surface area contributed by atoms with Crippen LogP contribution in [0.15, 0.2) is 26.9 Å². The molecule has 0 saturated heterocycles. The summed E-state index contributed by atoms with van der Waals surface area (Å²) in [4.78, 5) is 0.830. The molecule has 1 nitrogen and oxygen atoms in total. The molecule has 0 amide bonds. The van der Waals surface area contributed by atoms with Gasteiger partial charge in [0.2, 0.25) is 0 Å². The number of thiol groups is 1. The molecular formula is C8H6BrNS2. The molecule has 4 heteroatoms. The van der Waals surface area contributed by atoms with Crippen molar-refractivity contribution >= 4 is 55.7 Å². The van der Waals surface area contributed by atoms with Crippen LogP contribution in [0.3, 0.4) is 0 Å². The normalized spacial score (nSPS) is 10.8. The Balaban J connectivity index is 2.97. The van der Waals surface area contributed by atoms with Gasteiger partial charge in [-0.05, 0) is 17.5 Å². The van der Waals surface area contributed by atoms with Crippen LogP contribution in [-0.2, 0) is 0 Å². The highest BCUT2D eigenvalue weighted by Crippen LogP contribution is 2.36. The zero-order valence-electron chi connectivity index (χ0n) is 6.04. The molecule has 0 unspecified atom stereocenters. The van der Waals surface area contributed by atoms with Crippen LogP contribution in [0.2, 0.25) is 0 Å². The molecule has 0 aliphatic rings. The minimum Gasteiger partial charge on any atom is -0.397 e. The van der Waals surface area contributed by atoms with Gasteiger partial charge in [0.25, 0.3) is 0 Å². The van der Waals surface area contributed by atoms with E-state index in [4.69, 9.17) is 5.73 Å². The summed E-state index contributed by atoms with van der Waals surface area (Å²) in [5.41, 5.74) is 6.61. The van der Waals surface area contributed by atoms with E-state index < -0.39 is 0 Å². The smallest absolute Gasteiger partial charge is 0.0631 e. The monoisotopic (exact) mass is 259 g/mol. The Kier molecular flexibility index (Phi) is 2.06. The van der Waals surface area contributed by atoms with E-state index in [-0.39, 0.29) is 0 Å². The summed E-state index contributed by atoms with van der Waals surface area (Å²) in [6, 6.07) is 3.97. The Labute approximate surface area is 88.1 Å². The number of nitrogen functional groups attached to an aromatic ring is 1. The SMILES string of the molecule is Nc1c(S)cc(Br)c2ccsc12. The molecule has 0 radical (unpaired) electrons. The lowest BCUT2D eigenvalue weighted by atomic mass is 10.2. The van der Waals surface area contributed by atoms with Gasteiger partial charge in [-0.15, -0.1) is 24.0 Å². The highest BCUT2D eigenvalue weighted by atomic mass is 79.9. The molecule has 2 rings (SSSR count). The molecule has 0 aliphatic heterocycles. The van der Waals surface area contributed by atoms with Crippen molar-refractivity contribution in [3.05, 3.63) is 22.0 Å². The van der Waals surface area contributed by atoms with Gasteiger partial charge in [-0.25, -0.2) is 0 Å². The molecule has 0 fully saturated rings. The number of hydrogen-bond acceptors (Lipinski definition) is 3. The third-order valence-electron chi connectivity index (χ3n) is 1.71. The second-order valence-electron chi connectivity index (χ2n) is 2.45. The Hall–Kier alpha value is -0.190. The third kappa shape index (κ3) is 1.14. The van der Waals surface area contributed by atoms with Crippen molar-refractivity contribution in [2.75, 3.05) is 5.73 Å². The molecule has 1 heterocycles. The Morgan fingerprint density at radius 3 is 3.00 bits per heavy atom. The molecule has 0 atom stereocenters. The minimum absolute atomic E-state index is 0.770. The molecule has 2 N–H and O–H groups in total. The number of anilines is 1. The van der Waals surface area contributed by atoms with E-state index in [1.807, 2.05) is 17.5 Å². The summed E-state index contributed by atoms with van der Waals surface area (Å²) in [6.45, 7) is 0. The van der Waals surface area contributed by atoms with Crippen LogP contribution in [0.4, 0.5) is 5.69 Å². The van der Waals surface area contributed by atoms with Gasteiger partial charge < -0.3 is 5.73 Å².